The van der Waals surface area contributed by atoms with Crippen LogP contribution >= 0.6 is 12.4 Å². The van der Waals surface area contributed by atoms with Gasteiger partial charge in [-0.1, -0.05) is 12.5 Å². The number of rotatable bonds is 4. The maximum Gasteiger partial charge on any atom is 0.272 e. The summed E-state index contributed by atoms with van der Waals surface area (Å²) in [6.45, 7) is 0. The number of nitrogens with two attached hydrogens (primary N) is 1. The molecule has 150 valence electrons. The number of halogens is 1. The summed E-state index contributed by atoms with van der Waals surface area (Å²) in [5.41, 5.74) is 7.00. The summed E-state index contributed by atoms with van der Waals surface area (Å²) in [4.78, 5) is 23.2. The predicted octanol–water partition coefficient (Wildman–Crippen LogP) is 2.84. The van der Waals surface area contributed by atoms with Gasteiger partial charge in [0.05, 0.1) is 10.6 Å². The van der Waals surface area contributed by atoms with Crippen molar-refractivity contribution in [3.63, 3.8) is 0 Å². The van der Waals surface area contributed by atoms with Crippen molar-refractivity contribution < 1.29 is 9.72 Å². The summed E-state index contributed by atoms with van der Waals surface area (Å²) in [6, 6.07) is 8.21. The number of nitrogens with zero attached hydrogens (tertiary/aromatic N) is 3. The van der Waals surface area contributed by atoms with E-state index >= 15 is 0 Å². The van der Waals surface area contributed by atoms with E-state index in [1.54, 1.807) is 24.4 Å². The molecule has 1 heterocycles. The second kappa shape index (κ2) is 8.28. The quantitative estimate of drug-likeness (QED) is 0.599. The molecule has 2 aromatic rings. The number of hydrogen-bond donors (Lipinski definition) is 2. The first-order chi connectivity index (χ1) is 13.0. The highest BCUT2D eigenvalue weighted by Gasteiger charge is 2.40. The molecule has 28 heavy (non-hydrogen) atoms. The van der Waals surface area contributed by atoms with Crippen molar-refractivity contribution in [3.05, 3.63) is 52.3 Å². The van der Waals surface area contributed by atoms with Gasteiger partial charge in [-0.2, -0.15) is 5.10 Å². The number of carbonyl (C=O) groups is 1. The molecule has 0 aliphatic heterocycles. The largest absolute Gasteiger partial charge is 0.347 e. The van der Waals surface area contributed by atoms with Crippen molar-refractivity contribution in [1.29, 1.82) is 0 Å². The molecule has 0 saturated heterocycles. The molecule has 3 N–H and O–H groups in total. The molecule has 2 saturated carbocycles. The van der Waals surface area contributed by atoms with Gasteiger partial charge in [0.1, 0.15) is 0 Å². The number of non-ortho nitro benzene ring substituents is 1. The van der Waals surface area contributed by atoms with Crippen molar-refractivity contribution in [1.82, 2.24) is 15.1 Å². The molecule has 2 unspecified atom stereocenters. The SMILES string of the molecule is Cl.NC1CC2CCCC(C1)C2NC(=O)c1ccn(-c2cccc([N+](=O)[O-])c2)n1. The first kappa shape index (κ1) is 20.3. The van der Waals surface area contributed by atoms with Gasteiger partial charge in [0.25, 0.3) is 11.6 Å². The minimum atomic E-state index is -0.451. The van der Waals surface area contributed by atoms with Gasteiger partial charge in [0, 0.05) is 30.4 Å². The van der Waals surface area contributed by atoms with Crippen LogP contribution in [0.15, 0.2) is 36.5 Å². The number of aromatic nitrogens is 2. The number of fused-ring (bicyclic) bond motifs is 2. The van der Waals surface area contributed by atoms with Gasteiger partial charge in [-0.05, 0) is 49.7 Å². The molecule has 1 amide bonds. The van der Waals surface area contributed by atoms with Gasteiger partial charge in [-0.25, -0.2) is 4.68 Å². The van der Waals surface area contributed by atoms with Crippen LogP contribution in [0.2, 0.25) is 0 Å². The number of nitro benzene ring substituents is 1. The Morgan fingerprint density at radius 1 is 1.25 bits per heavy atom. The van der Waals surface area contributed by atoms with Crippen LogP contribution in [-0.4, -0.2) is 32.7 Å². The Morgan fingerprint density at radius 3 is 2.64 bits per heavy atom. The maximum absolute atomic E-state index is 12.7. The molecule has 0 radical (unpaired) electrons. The topological polar surface area (TPSA) is 116 Å². The molecule has 9 heteroatoms. The molecule has 0 spiro atoms. The molecule has 2 bridgehead atoms. The third kappa shape index (κ3) is 4.02. The van der Waals surface area contributed by atoms with E-state index < -0.39 is 4.92 Å². The number of nitrogens with one attached hydrogen (secondary N) is 1. The summed E-state index contributed by atoms with van der Waals surface area (Å²) in [7, 11) is 0. The molecule has 2 fully saturated rings. The third-order valence-electron chi connectivity index (χ3n) is 5.80. The summed E-state index contributed by atoms with van der Waals surface area (Å²) < 4.78 is 1.49. The van der Waals surface area contributed by atoms with E-state index in [1.165, 1.54) is 23.2 Å². The minimum Gasteiger partial charge on any atom is -0.347 e. The van der Waals surface area contributed by atoms with Crippen LogP contribution in [0.25, 0.3) is 5.69 Å². The Hall–Kier alpha value is -2.45. The highest BCUT2D eigenvalue weighted by atomic mass is 35.5. The van der Waals surface area contributed by atoms with Gasteiger partial charge in [0.15, 0.2) is 5.69 Å². The lowest BCUT2D eigenvalue weighted by Gasteiger charge is -2.45. The molecular weight excluding hydrogens is 382 g/mol. The Kier molecular flexibility index (Phi) is 6.00. The molecule has 2 atom stereocenters. The van der Waals surface area contributed by atoms with Crippen LogP contribution in [0.1, 0.15) is 42.6 Å². The van der Waals surface area contributed by atoms with Gasteiger partial charge < -0.3 is 11.1 Å². The number of carbonyl (C=O) groups excluding carboxylic acids is 1. The first-order valence-corrected chi connectivity index (χ1v) is 9.38. The van der Waals surface area contributed by atoms with E-state index in [0.717, 1.165) is 25.7 Å². The second-order valence-corrected chi connectivity index (χ2v) is 7.60. The molecule has 1 aromatic carbocycles. The number of amides is 1. The molecule has 8 nitrogen and oxygen atoms in total. The fraction of sp³-hybridized carbons (Fsp3) is 0.474. The van der Waals surface area contributed by atoms with Gasteiger partial charge >= 0.3 is 0 Å². The fourth-order valence-corrected chi connectivity index (χ4v) is 4.59. The highest BCUT2D eigenvalue weighted by Crippen LogP contribution is 2.39. The summed E-state index contributed by atoms with van der Waals surface area (Å²) >= 11 is 0. The average Bonchev–Trinajstić information content (AvgIpc) is 3.13. The standard InChI is InChI=1S/C19H23N5O3.ClH/c20-14-9-12-3-1-4-13(10-14)18(12)21-19(25)17-7-8-23(22-17)15-5-2-6-16(11-15)24(26)27;/h2,5-8,11-14,18H,1,3-4,9-10,20H2,(H,21,25);1H. The predicted molar refractivity (Wildman–Crippen MR) is 107 cm³/mol. The summed E-state index contributed by atoms with van der Waals surface area (Å²) in [6.07, 6.45) is 6.99. The number of benzene rings is 1. The van der Waals surface area contributed by atoms with Crippen LogP contribution in [0.3, 0.4) is 0 Å². The lowest BCUT2D eigenvalue weighted by Crippen LogP contribution is -2.53. The van der Waals surface area contributed by atoms with E-state index in [4.69, 9.17) is 5.73 Å². The normalized spacial score (nSPS) is 26.2. The lowest BCUT2D eigenvalue weighted by atomic mass is 9.67. The Morgan fingerprint density at radius 2 is 1.96 bits per heavy atom. The zero-order chi connectivity index (χ0) is 19.0. The Labute approximate surface area is 169 Å². The van der Waals surface area contributed by atoms with Gasteiger partial charge in [-0.3, -0.25) is 14.9 Å². The second-order valence-electron chi connectivity index (χ2n) is 7.60. The number of hydrogen-bond acceptors (Lipinski definition) is 5. The van der Waals surface area contributed by atoms with Gasteiger partial charge in [-0.15, -0.1) is 12.4 Å². The molecule has 2 aliphatic carbocycles. The molecule has 1 aromatic heterocycles. The first-order valence-electron chi connectivity index (χ1n) is 9.38. The van der Waals surface area contributed by atoms with Crippen molar-refractivity contribution in [3.8, 4) is 5.69 Å². The average molecular weight is 406 g/mol. The number of nitro groups is 1. The summed E-state index contributed by atoms with van der Waals surface area (Å²) in [5.74, 6) is 0.683. The van der Waals surface area contributed by atoms with E-state index in [0.29, 0.717) is 23.2 Å². The zero-order valence-electron chi connectivity index (χ0n) is 15.4. The van der Waals surface area contributed by atoms with Crippen molar-refractivity contribution in [2.24, 2.45) is 17.6 Å². The van der Waals surface area contributed by atoms with Crippen LogP contribution < -0.4 is 11.1 Å². The molecular formula is C19H24ClN5O3. The lowest BCUT2D eigenvalue weighted by molar-refractivity contribution is -0.384. The smallest absolute Gasteiger partial charge is 0.272 e. The monoisotopic (exact) mass is 405 g/mol. The van der Waals surface area contributed by atoms with E-state index in [1.807, 2.05) is 0 Å². The van der Waals surface area contributed by atoms with Crippen LogP contribution in [0.5, 0.6) is 0 Å². The van der Waals surface area contributed by atoms with Crippen molar-refractivity contribution in [2.45, 2.75) is 44.2 Å². The van der Waals surface area contributed by atoms with E-state index in [9.17, 15) is 14.9 Å². The van der Waals surface area contributed by atoms with Gasteiger partial charge in [0.2, 0.25) is 0 Å². The zero-order valence-corrected chi connectivity index (χ0v) is 16.2. The Bertz CT molecular complexity index is 857. The van der Waals surface area contributed by atoms with Crippen LogP contribution in [-0.2, 0) is 0 Å². The highest BCUT2D eigenvalue weighted by molar-refractivity contribution is 5.92. The van der Waals surface area contributed by atoms with Crippen LogP contribution in [0, 0.1) is 22.0 Å². The molecule has 2 aliphatic rings. The molecule has 4 rings (SSSR count). The van der Waals surface area contributed by atoms with Crippen LogP contribution in [0.4, 0.5) is 5.69 Å². The van der Waals surface area contributed by atoms with E-state index in [-0.39, 0.29) is 36.1 Å². The fourth-order valence-electron chi connectivity index (χ4n) is 4.59. The Balaban J connectivity index is 0.00000225. The minimum absolute atomic E-state index is 0. The summed E-state index contributed by atoms with van der Waals surface area (Å²) in [5, 5.41) is 18.4. The van der Waals surface area contributed by atoms with Crippen molar-refractivity contribution in [2.75, 3.05) is 0 Å². The maximum atomic E-state index is 12.7. The van der Waals surface area contributed by atoms with E-state index in [2.05, 4.69) is 10.4 Å². The third-order valence-corrected chi connectivity index (χ3v) is 5.80. The van der Waals surface area contributed by atoms with Crippen molar-refractivity contribution >= 4 is 24.0 Å².